The second-order valence-corrected chi connectivity index (χ2v) is 4.00. The summed E-state index contributed by atoms with van der Waals surface area (Å²) in [5.74, 6) is 2.78. The van der Waals surface area contributed by atoms with E-state index in [0.717, 1.165) is 19.3 Å². The van der Waals surface area contributed by atoms with Crippen molar-refractivity contribution in [2.45, 2.75) is 57.2 Å². The van der Waals surface area contributed by atoms with E-state index in [4.69, 9.17) is 11.2 Å². The third kappa shape index (κ3) is 3.32. The molecule has 0 amide bonds. The van der Waals surface area contributed by atoms with Crippen LogP contribution in [0.1, 0.15) is 39.0 Å². The molecular weight excluding hydrogens is 174 g/mol. The highest BCUT2D eigenvalue weighted by atomic mass is 16.5. The average molecular weight is 195 g/mol. The molecule has 0 heterocycles. The SMILES string of the molecule is C#CC(CC)NC1CCC(OC)CC1. The molecule has 1 aliphatic rings. The molecule has 0 radical (unpaired) electrons. The second-order valence-electron chi connectivity index (χ2n) is 4.00. The molecule has 0 spiro atoms. The van der Waals surface area contributed by atoms with Gasteiger partial charge in [0.25, 0.3) is 0 Å². The first kappa shape index (κ1) is 11.6. The van der Waals surface area contributed by atoms with E-state index in [9.17, 15) is 0 Å². The summed E-state index contributed by atoms with van der Waals surface area (Å²) in [6, 6.07) is 0.849. The lowest BCUT2D eigenvalue weighted by atomic mass is 9.92. The summed E-state index contributed by atoms with van der Waals surface area (Å²) in [4.78, 5) is 0. The zero-order valence-electron chi connectivity index (χ0n) is 9.25. The molecule has 2 heteroatoms. The van der Waals surface area contributed by atoms with Crippen LogP contribution >= 0.6 is 0 Å². The number of hydrogen-bond acceptors (Lipinski definition) is 2. The predicted molar refractivity (Wildman–Crippen MR) is 59.1 cm³/mol. The zero-order valence-corrected chi connectivity index (χ0v) is 9.25. The second kappa shape index (κ2) is 6.06. The standard InChI is InChI=1S/C12H21NO/c1-4-10(5-2)13-11-6-8-12(14-3)9-7-11/h1,10-13H,5-9H2,2-3H3. The number of terminal acetylenes is 1. The predicted octanol–water partition coefficient (Wildman–Crippen LogP) is 1.95. The van der Waals surface area contributed by atoms with Crippen molar-refractivity contribution >= 4 is 0 Å². The molecular formula is C12H21NO. The molecule has 80 valence electrons. The monoisotopic (exact) mass is 195 g/mol. The van der Waals surface area contributed by atoms with E-state index in [1.807, 2.05) is 0 Å². The molecule has 14 heavy (non-hydrogen) atoms. The third-order valence-corrected chi connectivity index (χ3v) is 3.05. The Balaban J connectivity index is 2.25. The van der Waals surface area contributed by atoms with Crippen LogP contribution in [0.4, 0.5) is 0 Å². The van der Waals surface area contributed by atoms with Crippen LogP contribution in [-0.2, 0) is 4.74 Å². The number of hydrogen-bond donors (Lipinski definition) is 1. The first-order valence-corrected chi connectivity index (χ1v) is 5.55. The van der Waals surface area contributed by atoms with Crippen LogP contribution in [0.2, 0.25) is 0 Å². The van der Waals surface area contributed by atoms with Gasteiger partial charge in [-0.15, -0.1) is 6.42 Å². The van der Waals surface area contributed by atoms with Crippen LogP contribution in [-0.4, -0.2) is 25.3 Å². The molecule has 0 saturated heterocycles. The highest BCUT2D eigenvalue weighted by molar-refractivity contribution is 4.99. The molecule has 0 aromatic carbocycles. The summed E-state index contributed by atoms with van der Waals surface area (Å²) in [7, 11) is 1.80. The number of nitrogens with one attached hydrogen (secondary N) is 1. The van der Waals surface area contributed by atoms with Crippen LogP contribution in [0.3, 0.4) is 0 Å². The van der Waals surface area contributed by atoms with Crippen LogP contribution in [0, 0.1) is 12.3 Å². The topological polar surface area (TPSA) is 21.3 Å². The van der Waals surface area contributed by atoms with Gasteiger partial charge in [-0.25, -0.2) is 0 Å². The Labute approximate surface area is 87.4 Å². The van der Waals surface area contributed by atoms with Crippen LogP contribution in [0.5, 0.6) is 0 Å². The molecule has 2 nitrogen and oxygen atoms in total. The zero-order chi connectivity index (χ0) is 10.4. The van der Waals surface area contributed by atoms with Crippen molar-refractivity contribution in [1.29, 1.82) is 0 Å². The van der Waals surface area contributed by atoms with E-state index in [0.29, 0.717) is 12.1 Å². The van der Waals surface area contributed by atoms with E-state index in [2.05, 4.69) is 18.2 Å². The van der Waals surface area contributed by atoms with E-state index in [-0.39, 0.29) is 6.04 Å². The fraction of sp³-hybridized carbons (Fsp3) is 0.833. The lowest BCUT2D eigenvalue weighted by molar-refractivity contribution is 0.0618. The number of methoxy groups -OCH3 is 1. The van der Waals surface area contributed by atoms with Crippen LogP contribution in [0.15, 0.2) is 0 Å². The molecule has 0 bridgehead atoms. The van der Waals surface area contributed by atoms with E-state index in [1.165, 1.54) is 12.8 Å². The van der Waals surface area contributed by atoms with Gasteiger partial charge >= 0.3 is 0 Å². The van der Waals surface area contributed by atoms with E-state index >= 15 is 0 Å². The van der Waals surface area contributed by atoms with Crippen molar-refractivity contribution in [3.63, 3.8) is 0 Å². The van der Waals surface area contributed by atoms with E-state index < -0.39 is 0 Å². The molecule has 1 fully saturated rings. The quantitative estimate of drug-likeness (QED) is 0.692. The van der Waals surface area contributed by atoms with Gasteiger partial charge < -0.3 is 10.1 Å². The molecule has 0 aliphatic heterocycles. The van der Waals surface area contributed by atoms with Gasteiger partial charge in [-0.05, 0) is 32.1 Å². The number of ether oxygens (including phenoxy) is 1. The molecule has 1 saturated carbocycles. The van der Waals surface area contributed by atoms with Crippen molar-refractivity contribution < 1.29 is 4.74 Å². The van der Waals surface area contributed by atoms with Crippen molar-refractivity contribution in [1.82, 2.24) is 5.32 Å². The summed E-state index contributed by atoms with van der Waals surface area (Å²) in [6.07, 6.45) is 11.6. The Bertz CT molecular complexity index is 189. The summed E-state index contributed by atoms with van der Waals surface area (Å²) in [5, 5.41) is 3.51. The smallest absolute Gasteiger partial charge is 0.0686 e. The molecule has 1 atom stereocenters. The van der Waals surface area contributed by atoms with Gasteiger partial charge in [0, 0.05) is 13.2 Å². The Morgan fingerprint density at radius 3 is 2.50 bits per heavy atom. The average Bonchev–Trinajstić information content (AvgIpc) is 2.26. The fourth-order valence-electron chi connectivity index (χ4n) is 2.03. The maximum absolute atomic E-state index is 5.42. The largest absolute Gasteiger partial charge is 0.381 e. The molecule has 0 aromatic rings. The normalized spacial score (nSPS) is 29.5. The Kier molecular flexibility index (Phi) is 5.00. The molecule has 0 aromatic heterocycles. The first-order valence-electron chi connectivity index (χ1n) is 5.55. The Morgan fingerprint density at radius 1 is 1.43 bits per heavy atom. The Morgan fingerprint density at radius 2 is 2.07 bits per heavy atom. The van der Waals surface area contributed by atoms with Crippen molar-refractivity contribution in [2.75, 3.05) is 7.11 Å². The van der Waals surface area contributed by atoms with Crippen LogP contribution in [0.25, 0.3) is 0 Å². The van der Waals surface area contributed by atoms with E-state index in [1.54, 1.807) is 7.11 Å². The summed E-state index contributed by atoms with van der Waals surface area (Å²) in [5.41, 5.74) is 0. The van der Waals surface area contributed by atoms with Gasteiger partial charge in [0.15, 0.2) is 0 Å². The third-order valence-electron chi connectivity index (χ3n) is 3.05. The molecule has 1 aliphatic carbocycles. The maximum Gasteiger partial charge on any atom is 0.0686 e. The van der Waals surface area contributed by atoms with Crippen LogP contribution < -0.4 is 5.32 Å². The van der Waals surface area contributed by atoms with Gasteiger partial charge in [0.05, 0.1) is 12.1 Å². The Hall–Kier alpha value is -0.520. The van der Waals surface area contributed by atoms with Gasteiger partial charge in [-0.3, -0.25) is 0 Å². The molecule has 1 rings (SSSR count). The molecule has 1 N–H and O–H groups in total. The van der Waals surface area contributed by atoms with Gasteiger partial charge in [0.2, 0.25) is 0 Å². The summed E-state index contributed by atoms with van der Waals surface area (Å²) < 4.78 is 5.33. The molecule has 1 unspecified atom stereocenters. The first-order chi connectivity index (χ1) is 6.80. The highest BCUT2D eigenvalue weighted by Crippen LogP contribution is 2.21. The van der Waals surface area contributed by atoms with Gasteiger partial charge in [-0.2, -0.15) is 0 Å². The minimum atomic E-state index is 0.249. The minimum Gasteiger partial charge on any atom is -0.381 e. The fourth-order valence-corrected chi connectivity index (χ4v) is 2.03. The summed E-state index contributed by atoms with van der Waals surface area (Å²) >= 11 is 0. The highest BCUT2D eigenvalue weighted by Gasteiger charge is 2.21. The maximum atomic E-state index is 5.42. The lowest BCUT2D eigenvalue weighted by Crippen LogP contribution is -2.40. The number of rotatable bonds is 4. The van der Waals surface area contributed by atoms with Crippen molar-refractivity contribution in [3.05, 3.63) is 0 Å². The van der Waals surface area contributed by atoms with Gasteiger partial charge in [-0.1, -0.05) is 12.8 Å². The summed E-state index contributed by atoms with van der Waals surface area (Å²) in [6.45, 7) is 2.12. The van der Waals surface area contributed by atoms with Crippen molar-refractivity contribution in [2.24, 2.45) is 0 Å². The van der Waals surface area contributed by atoms with Gasteiger partial charge in [0.1, 0.15) is 0 Å². The van der Waals surface area contributed by atoms with Crippen molar-refractivity contribution in [3.8, 4) is 12.3 Å². The lowest BCUT2D eigenvalue weighted by Gasteiger charge is -2.29. The minimum absolute atomic E-state index is 0.249.